The Labute approximate surface area is 115 Å². The highest BCUT2D eigenvalue weighted by molar-refractivity contribution is 9.10. The largest absolute Gasteiger partial charge is 0.491 e. The van der Waals surface area contributed by atoms with E-state index in [0.29, 0.717) is 6.61 Å². The molecule has 96 valence electrons. The molecule has 5 heteroatoms. The molecule has 2 N–H and O–H groups in total. The third kappa shape index (κ3) is 3.34. The molecule has 0 saturated heterocycles. The summed E-state index contributed by atoms with van der Waals surface area (Å²) in [6.07, 6.45) is 5.44. The summed E-state index contributed by atoms with van der Waals surface area (Å²) < 4.78 is 8.76. The van der Waals surface area contributed by atoms with Gasteiger partial charge in [0.25, 0.3) is 0 Å². The van der Waals surface area contributed by atoms with Crippen LogP contribution in [-0.4, -0.2) is 16.2 Å². The summed E-state index contributed by atoms with van der Waals surface area (Å²) in [5.74, 6) is 0.833. The van der Waals surface area contributed by atoms with E-state index in [4.69, 9.17) is 10.5 Å². The van der Waals surface area contributed by atoms with Crippen molar-refractivity contribution >= 4 is 15.9 Å². The lowest BCUT2D eigenvalue weighted by molar-refractivity contribution is 0.294. The molecule has 1 aromatic heterocycles. The van der Waals surface area contributed by atoms with E-state index >= 15 is 0 Å². The van der Waals surface area contributed by atoms with Gasteiger partial charge < -0.3 is 15.0 Å². The number of benzene rings is 1. The summed E-state index contributed by atoms with van der Waals surface area (Å²) in [4.78, 5) is 3.99. The van der Waals surface area contributed by atoms with Crippen molar-refractivity contribution in [3.63, 3.8) is 0 Å². The van der Waals surface area contributed by atoms with Gasteiger partial charge in [0.05, 0.1) is 12.9 Å². The fourth-order valence-corrected chi connectivity index (χ4v) is 2.03. The highest BCUT2D eigenvalue weighted by atomic mass is 79.9. The standard InChI is InChI=1S/C13H16BrN3O/c1-10(15)12-3-2-11(14)8-13(12)18-7-6-17-5-4-16-9-17/h2-5,8-10H,6-7,15H2,1H3/t10-/m1/s1. The maximum absolute atomic E-state index is 5.92. The predicted molar refractivity (Wildman–Crippen MR) is 74.5 cm³/mol. The molecule has 1 atom stereocenters. The van der Waals surface area contributed by atoms with Crippen molar-refractivity contribution in [2.45, 2.75) is 19.5 Å². The van der Waals surface area contributed by atoms with Crippen LogP contribution in [0.25, 0.3) is 0 Å². The van der Waals surface area contributed by atoms with Gasteiger partial charge in [-0.15, -0.1) is 0 Å². The summed E-state index contributed by atoms with van der Waals surface area (Å²) in [5.41, 5.74) is 6.94. The average Bonchev–Trinajstić information content (AvgIpc) is 2.82. The van der Waals surface area contributed by atoms with Crippen LogP contribution in [0, 0.1) is 0 Å². The molecule has 0 fully saturated rings. The van der Waals surface area contributed by atoms with Crippen LogP contribution in [0.5, 0.6) is 5.75 Å². The van der Waals surface area contributed by atoms with Crippen LogP contribution in [0.1, 0.15) is 18.5 Å². The van der Waals surface area contributed by atoms with Crippen LogP contribution in [0.3, 0.4) is 0 Å². The maximum atomic E-state index is 5.92. The van der Waals surface area contributed by atoms with E-state index in [2.05, 4.69) is 20.9 Å². The van der Waals surface area contributed by atoms with Crippen LogP contribution in [0.4, 0.5) is 0 Å². The molecule has 18 heavy (non-hydrogen) atoms. The Morgan fingerprint density at radius 1 is 1.50 bits per heavy atom. The van der Waals surface area contributed by atoms with Gasteiger partial charge in [-0.25, -0.2) is 4.98 Å². The predicted octanol–water partition coefficient (Wildman–Crippen LogP) is 2.74. The van der Waals surface area contributed by atoms with Crippen LogP contribution in [-0.2, 0) is 6.54 Å². The molecule has 2 aromatic rings. The monoisotopic (exact) mass is 309 g/mol. The SMILES string of the molecule is C[C@@H](N)c1ccc(Br)cc1OCCn1ccnc1. The third-order valence-electron chi connectivity index (χ3n) is 2.63. The van der Waals surface area contributed by atoms with Gasteiger partial charge in [-0.1, -0.05) is 22.0 Å². The Morgan fingerprint density at radius 2 is 2.33 bits per heavy atom. The summed E-state index contributed by atoms with van der Waals surface area (Å²) >= 11 is 3.44. The minimum Gasteiger partial charge on any atom is -0.491 e. The summed E-state index contributed by atoms with van der Waals surface area (Å²) in [5, 5.41) is 0. The average molecular weight is 310 g/mol. The Hall–Kier alpha value is -1.33. The molecular weight excluding hydrogens is 294 g/mol. The van der Waals surface area contributed by atoms with Crippen molar-refractivity contribution in [3.8, 4) is 5.75 Å². The van der Waals surface area contributed by atoms with Crippen molar-refractivity contribution < 1.29 is 4.74 Å². The van der Waals surface area contributed by atoms with E-state index in [1.807, 2.05) is 35.9 Å². The molecule has 0 amide bonds. The summed E-state index contributed by atoms with van der Waals surface area (Å²) in [7, 11) is 0. The second-order valence-corrected chi connectivity index (χ2v) is 5.04. The molecule has 0 aliphatic heterocycles. The fraction of sp³-hybridized carbons (Fsp3) is 0.308. The number of aromatic nitrogens is 2. The van der Waals surface area contributed by atoms with E-state index in [1.165, 1.54) is 0 Å². The highest BCUT2D eigenvalue weighted by Gasteiger charge is 2.08. The number of nitrogens with zero attached hydrogens (tertiary/aromatic N) is 2. The number of nitrogens with two attached hydrogens (primary N) is 1. The minimum absolute atomic E-state index is 0.0404. The molecule has 0 aliphatic carbocycles. The molecule has 0 saturated carbocycles. The number of ether oxygens (including phenoxy) is 1. The van der Waals surface area contributed by atoms with E-state index in [-0.39, 0.29) is 6.04 Å². The van der Waals surface area contributed by atoms with Crippen molar-refractivity contribution in [1.82, 2.24) is 9.55 Å². The second kappa shape index (κ2) is 6.02. The molecule has 0 bridgehead atoms. The molecular formula is C13H16BrN3O. The first-order valence-corrected chi connectivity index (χ1v) is 6.59. The normalized spacial score (nSPS) is 12.4. The van der Waals surface area contributed by atoms with Crippen LogP contribution in [0.15, 0.2) is 41.4 Å². The molecule has 4 nitrogen and oxygen atoms in total. The van der Waals surface area contributed by atoms with Crippen molar-refractivity contribution in [3.05, 3.63) is 47.0 Å². The highest BCUT2D eigenvalue weighted by Crippen LogP contribution is 2.27. The Bertz CT molecular complexity index is 497. The number of halogens is 1. The zero-order chi connectivity index (χ0) is 13.0. The van der Waals surface area contributed by atoms with E-state index in [9.17, 15) is 0 Å². The fourth-order valence-electron chi connectivity index (χ4n) is 1.69. The third-order valence-corrected chi connectivity index (χ3v) is 3.13. The topological polar surface area (TPSA) is 53.1 Å². The van der Waals surface area contributed by atoms with E-state index in [0.717, 1.165) is 22.3 Å². The Morgan fingerprint density at radius 3 is 3.00 bits per heavy atom. The first-order valence-electron chi connectivity index (χ1n) is 5.80. The lowest BCUT2D eigenvalue weighted by atomic mass is 10.1. The molecule has 1 heterocycles. The summed E-state index contributed by atoms with van der Waals surface area (Å²) in [6.45, 7) is 3.31. The van der Waals surface area contributed by atoms with Gasteiger partial charge in [-0.05, 0) is 19.1 Å². The van der Waals surface area contributed by atoms with Gasteiger partial charge in [0.1, 0.15) is 12.4 Å². The summed E-state index contributed by atoms with van der Waals surface area (Å²) in [6, 6.07) is 5.87. The van der Waals surface area contributed by atoms with Gasteiger partial charge in [0.15, 0.2) is 0 Å². The lowest BCUT2D eigenvalue weighted by Crippen LogP contribution is -2.11. The first kappa shape index (κ1) is 13.1. The van der Waals surface area contributed by atoms with Crippen molar-refractivity contribution in [2.75, 3.05) is 6.61 Å². The van der Waals surface area contributed by atoms with E-state index < -0.39 is 0 Å². The molecule has 0 radical (unpaired) electrons. The maximum Gasteiger partial charge on any atom is 0.125 e. The number of rotatable bonds is 5. The quantitative estimate of drug-likeness (QED) is 0.924. The zero-order valence-corrected chi connectivity index (χ0v) is 11.8. The molecule has 1 aromatic carbocycles. The van der Waals surface area contributed by atoms with Gasteiger partial charge in [-0.3, -0.25) is 0 Å². The smallest absolute Gasteiger partial charge is 0.125 e. The Kier molecular flexibility index (Phi) is 4.38. The number of imidazole rings is 1. The molecule has 0 spiro atoms. The van der Waals surface area contributed by atoms with Crippen molar-refractivity contribution in [1.29, 1.82) is 0 Å². The number of hydrogen-bond acceptors (Lipinski definition) is 3. The lowest BCUT2D eigenvalue weighted by Gasteiger charge is -2.14. The molecule has 0 aliphatic rings. The molecule has 0 unspecified atom stereocenters. The molecule has 2 rings (SSSR count). The van der Waals surface area contributed by atoms with Gasteiger partial charge in [-0.2, -0.15) is 0 Å². The van der Waals surface area contributed by atoms with E-state index in [1.54, 1.807) is 12.5 Å². The minimum atomic E-state index is -0.0404. The van der Waals surface area contributed by atoms with Crippen LogP contribution in [0.2, 0.25) is 0 Å². The van der Waals surface area contributed by atoms with Crippen molar-refractivity contribution in [2.24, 2.45) is 5.73 Å². The van der Waals surface area contributed by atoms with Crippen LogP contribution >= 0.6 is 15.9 Å². The second-order valence-electron chi connectivity index (χ2n) is 4.12. The number of hydrogen-bond donors (Lipinski definition) is 1. The Balaban J connectivity index is 2.01. The van der Waals surface area contributed by atoms with Gasteiger partial charge in [0.2, 0.25) is 0 Å². The van der Waals surface area contributed by atoms with Gasteiger partial charge in [0, 0.05) is 28.5 Å². The van der Waals surface area contributed by atoms with Crippen LogP contribution < -0.4 is 10.5 Å². The first-order chi connectivity index (χ1) is 8.66. The van der Waals surface area contributed by atoms with Gasteiger partial charge >= 0.3 is 0 Å². The zero-order valence-electron chi connectivity index (χ0n) is 10.2.